The fraction of sp³-hybridized carbons (Fsp3) is 0.0588. The van der Waals surface area contributed by atoms with Crippen LogP contribution in [0.5, 0.6) is 0 Å². The van der Waals surface area contributed by atoms with E-state index < -0.39 is 0 Å². The maximum Gasteiger partial charge on any atom is 0.0400 e. The molecule has 0 bridgehead atoms. The maximum atomic E-state index is 4.13. The predicted molar refractivity (Wildman–Crippen MR) is 85.8 cm³/mol. The van der Waals surface area contributed by atoms with Gasteiger partial charge in [0.25, 0.3) is 0 Å². The molecule has 1 N–H and O–H groups in total. The monoisotopic (exact) mass is 265 g/mol. The highest BCUT2D eigenvalue weighted by molar-refractivity contribution is 7.17. The molecule has 0 saturated heterocycles. The molecule has 19 heavy (non-hydrogen) atoms. The van der Waals surface area contributed by atoms with Crippen molar-refractivity contribution >= 4 is 32.7 Å². The minimum Gasteiger partial charge on any atom is -0.381 e. The van der Waals surface area contributed by atoms with E-state index in [1.54, 1.807) is 11.3 Å². The van der Waals surface area contributed by atoms with E-state index in [0.29, 0.717) is 0 Å². The van der Waals surface area contributed by atoms with E-state index in [1.807, 2.05) is 18.2 Å². The van der Waals surface area contributed by atoms with Crippen molar-refractivity contribution < 1.29 is 0 Å². The highest BCUT2D eigenvalue weighted by Crippen LogP contribution is 2.24. The van der Waals surface area contributed by atoms with Crippen molar-refractivity contribution in [2.75, 3.05) is 11.9 Å². The second-order valence-corrected chi connectivity index (χ2v) is 5.44. The van der Waals surface area contributed by atoms with Gasteiger partial charge in [-0.05, 0) is 46.2 Å². The van der Waals surface area contributed by atoms with Gasteiger partial charge in [0.15, 0.2) is 0 Å². The van der Waals surface area contributed by atoms with E-state index in [2.05, 4.69) is 53.7 Å². The minimum absolute atomic E-state index is 0.764. The summed E-state index contributed by atoms with van der Waals surface area (Å²) in [5.41, 5.74) is 3.43. The van der Waals surface area contributed by atoms with E-state index in [4.69, 9.17) is 0 Å². The molecule has 0 fully saturated rings. The van der Waals surface area contributed by atoms with Gasteiger partial charge < -0.3 is 5.32 Å². The molecule has 94 valence electrons. The smallest absolute Gasteiger partial charge is 0.0400 e. The average Bonchev–Trinajstić information content (AvgIpc) is 2.93. The van der Waals surface area contributed by atoms with Crippen LogP contribution in [0.4, 0.5) is 5.69 Å². The molecule has 0 aliphatic carbocycles. The van der Waals surface area contributed by atoms with E-state index >= 15 is 0 Å². The molecule has 0 aliphatic heterocycles. The van der Waals surface area contributed by atoms with Crippen LogP contribution in [-0.4, -0.2) is 6.54 Å². The van der Waals surface area contributed by atoms with Crippen molar-refractivity contribution in [1.29, 1.82) is 0 Å². The summed E-state index contributed by atoms with van der Waals surface area (Å²) in [6.07, 6.45) is 0. The molecule has 2 aromatic carbocycles. The first-order valence-electron chi connectivity index (χ1n) is 6.27. The van der Waals surface area contributed by atoms with Gasteiger partial charge >= 0.3 is 0 Å². The van der Waals surface area contributed by atoms with Gasteiger partial charge in [0.05, 0.1) is 0 Å². The second kappa shape index (κ2) is 5.29. The molecular weight excluding hydrogens is 250 g/mol. The van der Waals surface area contributed by atoms with Crippen LogP contribution < -0.4 is 5.32 Å². The summed E-state index contributed by atoms with van der Waals surface area (Å²) < 4.78 is 1.33. The molecule has 3 rings (SSSR count). The van der Waals surface area contributed by atoms with Crippen LogP contribution in [0.15, 0.2) is 66.6 Å². The molecule has 1 aromatic heterocycles. The third-order valence-electron chi connectivity index (χ3n) is 3.14. The zero-order valence-electron chi connectivity index (χ0n) is 10.6. The van der Waals surface area contributed by atoms with E-state index in [-0.39, 0.29) is 0 Å². The number of rotatable bonds is 4. The highest BCUT2D eigenvalue weighted by Gasteiger charge is 2.00. The Morgan fingerprint density at radius 2 is 1.89 bits per heavy atom. The largest absolute Gasteiger partial charge is 0.381 e. The minimum atomic E-state index is 0.764. The fourth-order valence-corrected chi connectivity index (χ4v) is 2.83. The van der Waals surface area contributed by atoms with Crippen molar-refractivity contribution in [3.63, 3.8) is 0 Å². The summed E-state index contributed by atoms with van der Waals surface area (Å²) >= 11 is 1.77. The number of benzene rings is 2. The summed E-state index contributed by atoms with van der Waals surface area (Å²) in [6, 6.07) is 18.9. The molecule has 0 radical (unpaired) electrons. The lowest BCUT2D eigenvalue weighted by atomic mass is 10.1. The summed E-state index contributed by atoms with van der Waals surface area (Å²) in [5, 5.41) is 6.84. The maximum absolute atomic E-state index is 4.13. The van der Waals surface area contributed by atoms with Crippen LogP contribution in [0.1, 0.15) is 5.56 Å². The second-order valence-electron chi connectivity index (χ2n) is 4.50. The van der Waals surface area contributed by atoms with Crippen molar-refractivity contribution in [2.24, 2.45) is 0 Å². The van der Waals surface area contributed by atoms with Crippen LogP contribution in [0, 0.1) is 0 Å². The number of hydrogen-bond donors (Lipinski definition) is 1. The lowest BCUT2D eigenvalue weighted by Gasteiger charge is -2.09. The van der Waals surface area contributed by atoms with Gasteiger partial charge in [0.2, 0.25) is 0 Å². The Kier molecular flexibility index (Phi) is 3.34. The summed E-state index contributed by atoms with van der Waals surface area (Å²) in [7, 11) is 0. The average molecular weight is 265 g/mol. The zero-order valence-corrected chi connectivity index (χ0v) is 11.4. The number of anilines is 1. The Balaban J connectivity index is 1.70. The lowest BCUT2D eigenvalue weighted by molar-refractivity contribution is 1.35. The normalized spacial score (nSPS) is 10.5. The van der Waals surface area contributed by atoms with E-state index in [9.17, 15) is 0 Å². The van der Waals surface area contributed by atoms with Gasteiger partial charge in [-0.1, -0.05) is 36.9 Å². The lowest BCUT2D eigenvalue weighted by Crippen LogP contribution is -2.03. The van der Waals surface area contributed by atoms with Crippen LogP contribution in [-0.2, 0) is 0 Å². The first-order chi connectivity index (χ1) is 9.33. The molecule has 0 atom stereocenters. The molecule has 3 aromatic rings. The van der Waals surface area contributed by atoms with E-state index in [0.717, 1.165) is 17.8 Å². The predicted octanol–water partition coefficient (Wildman–Crippen LogP) is 5.03. The van der Waals surface area contributed by atoms with Gasteiger partial charge in [0, 0.05) is 16.9 Å². The summed E-state index contributed by atoms with van der Waals surface area (Å²) in [5.74, 6) is 0. The number of fused-ring (bicyclic) bond motifs is 1. The molecule has 0 saturated carbocycles. The van der Waals surface area contributed by atoms with E-state index in [1.165, 1.54) is 15.6 Å². The molecular formula is C17H15NS. The Morgan fingerprint density at radius 1 is 1.05 bits per heavy atom. The molecule has 1 nitrogen and oxygen atoms in total. The van der Waals surface area contributed by atoms with Crippen molar-refractivity contribution in [1.82, 2.24) is 0 Å². The standard InChI is InChI=1S/C17H15NS/c1-13(14-5-3-2-4-6-14)12-18-16-7-8-17-15(11-16)9-10-19-17/h2-11,18H,1,12H2. The topological polar surface area (TPSA) is 12.0 Å². The van der Waals surface area contributed by atoms with Crippen molar-refractivity contribution in [3.05, 3.63) is 72.1 Å². The van der Waals surface area contributed by atoms with Crippen LogP contribution >= 0.6 is 11.3 Å². The van der Waals surface area contributed by atoms with Crippen molar-refractivity contribution in [2.45, 2.75) is 0 Å². The van der Waals surface area contributed by atoms with Crippen LogP contribution in [0.3, 0.4) is 0 Å². The molecule has 0 unspecified atom stereocenters. The first kappa shape index (κ1) is 12.0. The Bertz CT molecular complexity index is 697. The molecule has 0 aliphatic rings. The van der Waals surface area contributed by atoms with Gasteiger partial charge in [-0.3, -0.25) is 0 Å². The zero-order chi connectivity index (χ0) is 13.1. The van der Waals surface area contributed by atoms with Gasteiger partial charge in [0.1, 0.15) is 0 Å². The van der Waals surface area contributed by atoms with Crippen LogP contribution in [0.2, 0.25) is 0 Å². The molecule has 0 amide bonds. The van der Waals surface area contributed by atoms with Gasteiger partial charge in [-0.2, -0.15) is 0 Å². The number of nitrogens with one attached hydrogen (secondary N) is 1. The molecule has 2 heteroatoms. The number of thiophene rings is 1. The van der Waals surface area contributed by atoms with Gasteiger partial charge in [-0.15, -0.1) is 11.3 Å². The quantitative estimate of drug-likeness (QED) is 0.698. The summed E-state index contributed by atoms with van der Waals surface area (Å²) in [6.45, 7) is 4.90. The Morgan fingerprint density at radius 3 is 2.74 bits per heavy atom. The Hall–Kier alpha value is -2.06. The SMILES string of the molecule is C=C(CNc1ccc2sccc2c1)c1ccccc1. The third-order valence-corrected chi connectivity index (χ3v) is 4.04. The third kappa shape index (κ3) is 2.69. The van der Waals surface area contributed by atoms with Gasteiger partial charge in [-0.25, -0.2) is 0 Å². The van der Waals surface area contributed by atoms with Crippen LogP contribution in [0.25, 0.3) is 15.7 Å². The number of hydrogen-bond acceptors (Lipinski definition) is 2. The summed E-state index contributed by atoms with van der Waals surface area (Å²) in [4.78, 5) is 0. The first-order valence-corrected chi connectivity index (χ1v) is 7.15. The molecule has 1 heterocycles. The highest BCUT2D eigenvalue weighted by atomic mass is 32.1. The fourth-order valence-electron chi connectivity index (χ4n) is 2.06. The Labute approximate surface area is 117 Å². The molecule has 0 spiro atoms. The van der Waals surface area contributed by atoms with Crippen molar-refractivity contribution in [3.8, 4) is 0 Å².